The van der Waals surface area contributed by atoms with Crippen molar-refractivity contribution in [2.45, 2.75) is 26.3 Å². The van der Waals surface area contributed by atoms with E-state index in [0.717, 1.165) is 17.7 Å². The van der Waals surface area contributed by atoms with Gasteiger partial charge >= 0.3 is 0 Å². The quantitative estimate of drug-likeness (QED) is 0.481. The van der Waals surface area contributed by atoms with Gasteiger partial charge in [0.2, 0.25) is 0 Å². The Hall–Kier alpha value is -1.53. The number of nitrogens with zero attached hydrogens (tertiary/aromatic N) is 1. The van der Waals surface area contributed by atoms with Crippen molar-refractivity contribution in [3.05, 3.63) is 35.6 Å². The van der Waals surface area contributed by atoms with E-state index in [2.05, 4.69) is 15.8 Å². The van der Waals surface area contributed by atoms with E-state index in [9.17, 15) is 4.39 Å². The Kier molecular flexibility index (Phi) is 7.11. The van der Waals surface area contributed by atoms with Crippen molar-refractivity contribution in [2.24, 2.45) is 5.10 Å². The van der Waals surface area contributed by atoms with Crippen LogP contribution in [0.15, 0.2) is 29.4 Å². The first-order valence-electron chi connectivity index (χ1n) is 6.44. The highest BCUT2D eigenvalue weighted by Crippen LogP contribution is 2.06. The summed E-state index contributed by atoms with van der Waals surface area (Å²) in [5.41, 5.74) is 4.48. The van der Waals surface area contributed by atoms with Crippen LogP contribution >= 0.6 is 12.2 Å². The van der Waals surface area contributed by atoms with Crippen LogP contribution in [0.5, 0.6) is 0 Å². The summed E-state index contributed by atoms with van der Waals surface area (Å²) in [6, 6.07) is 6.33. The second-order valence-electron chi connectivity index (χ2n) is 4.36. The minimum atomic E-state index is -0.261. The van der Waals surface area contributed by atoms with Gasteiger partial charge in [0.25, 0.3) is 0 Å². The minimum Gasteiger partial charge on any atom is -0.383 e. The minimum absolute atomic E-state index is 0.103. The SMILES string of the molecule is CC/C(=N/NC(=S)N[C@@H](C)COC)c1ccc(F)cc1. The molecule has 0 aliphatic heterocycles. The third-order valence-electron chi connectivity index (χ3n) is 2.60. The molecule has 0 unspecified atom stereocenters. The number of hydrogen-bond donors (Lipinski definition) is 2. The molecule has 20 heavy (non-hydrogen) atoms. The van der Waals surface area contributed by atoms with Crippen molar-refractivity contribution in [2.75, 3.05) is 13.7 Å². The molecule has 0 aromatic heterocycles. The fourth-order valence-electron chi connectivity index (χ4n) is 1.66. The number of methoxy groups -OCH3 is 1. The van der Waals surface area contributed by atoms with Crippen molar-refractivity contribution in [1.29, 1.82) is 0 Å². The summed E-state index contributed by atoms with van der Waals surface area (Å²) in [4.78, 5) is 0. The number of halogens is 1. The molecule has 0 aliphatic carbocycles. The second kappa shape index (κ2) is 8.60. The van der Waals surface area contributed by atoms with Crippen molar-refractivity contribution >= 4 is 23.0 Å². The first-order chi connectivity index (χ1) is 9.56. The zero-order valence-corrected chi connectivity index (χ0v) is 12.8. The van der Waals surface area contributed by atoms with Gasteiger partial charge in [0, 0.05) is 13.2 Å². The van der Waals surface area contributed by atoms with E-state index in [1.54, 1.807) is 19.2 Å². The molecular weight excluding hydrogens is 277 g/mol. The monoisotopic (exact) mass is 297 g/mol. The van der Waals surface area contributed by atoms with Crippen LogP contribution in [0.1, 0.15) is 25.8 Å². The molecule has 1 aromatic carbocycles. The lowest BCUT2D eigenvalue weighted by atomic mass is 10.1. The molecule has 1 atom stereocenters. The van der Waals surface area contributed by atoms with Crippen LogP contribution in [0.3, 0.4) is 0 Å². The Bertz CT molecular complexity index is 462. The van der Waals surface area contributed by atoms with Gasteiger partial charge in [-0.3, -0.25) is 5.43 Å². The number of thiocarbonyl (C=S) groups is 1. The van der Waals surface area contributed by atoms with Crippen LogP contribution in [-0.2, 0) is 4.74 Å². The van der Waals surface area contributed by atoms with Gasteiger partial charge in [0.15, 0.2) is 5.11 Å². The molecular formula is C14H20FN3OS. The highest BCUT2D eigenvalue weighted by Gasteiger charge is 2.04. The zero-order chi connectivity index (χ0) is 15.0. The molecule has 0 saturated heterocycles. The van der Waals surface area contributed by atoms with Gasteiger partial charge in [-0.25, -0.2) is 4.39 Å². The van der Waals surface area contributed by atoms with Crippen LogP contribution < -0.4 is 10.7 Å². The summed E-state index contributed by atoms with van der Waals surface area (Å²) in [5.74, 6) is -0.261. The fourth-order valence-corrected chi connectivity index (χ4v) is 1.90. The Morgan fingerprint density at radius 1 is 1.40 bits per heavy atom. The summed E-state index contributed by atoms with van der Waals surface area (Å²) in [7, 11) is 1.64. The first-order valence-corrected chi connectivity index (χ1v) is 6.85. The summed E-state index contributed by atoms with van der Waals surface area (Å²) in [6.45, 7) is 4.50. The largest absolute Gasteiger partial charge is 0.383 e. The molecule has 6 heteroatoms. The maximum Gasteiger partial charge on any atom is 0.187 e. The summed E-state index contributed by atoms with van der Waals surface area (Å²) < 4.78 is 17.9. The third kappa shape index (κ3) is 5.63. The van der Waals surface area contributed by atoms with E-state index >= 15 is 0 Å². The van der Waals surface area contributed by atoms with Gasteiger partial charge in [0.05, 0.1) is 12.3 Å². The smallest absolute Gasteiger partial charge is 0.187 e. The lowest BCUT2D eigenvalue weighted by molar-refractivity contribution is 0.179. The Labute approximate surface area is 124 Å². The maximum absolute atomic E-state index is 12.9. The molecule has 0 radical (unpaired) electrons. The van der Waals surface area contributed by atoms with Crippen LogP contribution in [-0.4, -0.2) is 30.6 Å². The highest BCUT2D eigenvalue weighted by atomic mass is 32.1. The number of hydrazone groups is 1. The molecule has 4 nitrogen and oxygen atoms in total. The number of rotatable bonds is 6. The van der Waals surface area contributed by atoms with E-state index in [1.165, 1.54) is 12.1 Å². The van der Waals surface area contributed by atoms with Crippen molar-refractivity contribution in [1.82, 2.24) is 10.7 Å². The van der Waals surface area contributed by atoms with Crippen LogP contribution in [0.2, 0.25) is 0 Å². The molecule has 2 N–H and O–H groups in total. The summed E-state index contributed by atoms with van der Waals surface area (Å²) >= 11 is 5.14. The Balaban J connectivity index is 2.61. The lowest BCUT2D eigenvalue weighted by Gasteiger charge is -2.14. The van der Waals surface area contributed by atoms with Crippen molar-refractivity contribution < 1.29 is 9.13 Å². The maximum atomic E-state index is 12.9. The first kappa shape index (κ1) is 16.5. The van der Waals surface area contributed by atoms with Gasteiger partial charge in [-0.2, -0.15) is 5.10 Å². The van der Waals surface area contributed by atoms with Gasteiger partial charge in [-0.15, -0.1) is 0 Å². The third-order valence-corrected chi connectivity index (χ3v) is 2.81. The molecule has 0 saturated carbocycles. The fraction of sp³-hybridized carbons (Fsp3) is 0.429. The molecule has 0 bridgehead atoms. The Morgan fingerprint density at radius 3 is 2.60 bits per heavy atom. The average Bonchev–Trinajstić information content (AvgIpc) is 2.41. The molecule has 0 heterocycles. The van der Waals surface area contributed by atoms with Crippen LogP contribution in [0.25, 0.3) is 0 Å². The molecule has 0 spiro atoms. The van der Waals surface area contributed by atoms with Crippen molar-refractivity contribution in [3.8, 4) is 0 Å². The molecule has 1 aromatic rings. The predicted molar refractivity (Wildman–Crippen MR) is 83.4 cm³/mol. The number of hydrogen-bond acceptors (Lipinski definition) is 3. The van der Waals surface area contributed by atoms with Crippen LogP contribution in [0.4, 0.5) is 4.39 Å². The number of nitrogens with one attached hydrogen (secondary N) is 2. The van der Waals surface area contributed by atoms with Gasteiger partial charge in [0.1, 0.15) is 5.82 Å². The molecule has 110 valence electrons. The average molecular weight is 297 g/mol. The van der Waals surface area contributed by atoms with E-state index < -0.39 is 0 Å². The van der Waals surface area contributed by atoms with Gasteiger partial charge in [-0.1, -0.05) is 19.1 Å². The lowest BCUT2D eigenvalue weighted by Crippen LogP contribution is -2.40. The molecule has 0 amide bonds. The normalized spacial score (nSPS) is 12.9. The van der Waals surface area contributed by atoms with Crippen molar-refractivity contribution in [3.63, 3.8) is 0 Å². The zero-order valence-electron chi connectivity index (χ0n) is 11.9. The van der Waals surface area contributed by atoms with E-state index in [0.29, 0.717) is 11.7 Å². The van der Waals surface area contributed by atoms with Gasteiger partial charge in [-0.05, 0) is 43.3 Å². The predicted octanol–water partition coefficient (Wildman–Crippen LogP) is 2.44. The highest BCUT2D eigenvalue weighted by molar-refractivity contribution is 7.80. The summed E-state index contributed by atoms with van der Waals surface area (Å²) in [6.07, 6.45) is 0.717. The number of ether oxygens (including phenoxy) is 1. The summed E-state index contributed by atoms with van der Waals surface area (Å²) in [5, 5.41) is 7.74. The van der Waals surface area contributed by atoms with E-state index in [1.807, 2.05) is 13.8 Å². The molecule has 0 fully saturated rings. The van der Waals surface area contributed by atoms with Crippen LogP contribution in [0, 0.1) is 5.82 Å². The number of benzene rings is 1. The topological polar surface area (TPSA) is 45.7 Å². The van der Waals surface area contributed by atoms with Gasteiger partial charge < -0.3 is 10.1 Å². The standard InChI is InChI=1S/C14H20FN3OS/c1-4-13(11-5-7-12(15)8-6-11)17-18-14(20)16-10(2)9-19-3/h5-8,10H,4,9H2,1-3H3,(H2,16,18,20)/b17-13-/t10-/m0/s1. The second-order valence-corrected chi connectivity index (χ2v) is 4.77. The molecule has 1 rings (SSSR count). The van der Waals surface area contributed by atoms with E-state index in [-0.39, 0.29) is 11.9 Å². The molecule has 0 aliphatic rings. The van der Waals surface area contributed by atoms with E-state index in [4.69, 9.17) is 17.0 Å². The Morgan fingerprint density at radius 2 is 2.05 bits per heavy atom.